The molecule has 0 saturated carbocycles. The van der Waals surface area contributed by atoms with Crippen LogP contribution in [0, 0.1) is 12.8 Å². The summed E-state index contributed by atoms with van der Waals surface area (Å²) in [4.78, 5) is 0. The van der Waals surface area contributed by atoms with Crippen LogP contribution in [0.4, 0.5) is 0 Å². The van der Waals surface area contributed by atoms with Crippen LogP contribution >= 0.6 is 0 Å². The SMILES string of the molecule is CCc1cc(C)cc(Cc2cc(CC)cc(Cc3cc(CC)cc(CCC(C)C)c3)c2)c1. The topological polar surface area (TPSA) is 0 Å². The lowest BCUT2D eigenvalue weighted by Crippen LogP contribution is -1.99. The molecule has 0 amide bonds. The van der Waals surface area contributed by atoms with Crippen LogP contribution in [0.25, 0.3) is 0 Å². The van der Waals surface area contributed by atoms with Crippen LogP contribution in [-0.2, 0) is 38.5 Å². The van der Waals surface area contributed by atoms with Crippen molar-refractivity contribution in [1.29, 1.82) is 0 Å². The molecule has 0 N–H and O–H groups in total. The Morgan fingerprint density at radius 3 is 1.31 bits per heavy atom. The second-order valence-corrected chi connectivity index (χ2v) is 9.99. The smallest absolute Gasteiger partial charge is 0.00254 e. The third kappa shape index (κ3) is 7.09. The molecule has 0 nitrogen and oxygen atoms in total. The van der Waals surface area contributed by atoms with Gasteiger partial charge in [-0.2, -0.15) is 0 Å². The van der Waals surface area contributed by atoms with Crippen LogP contribution in [-0.4, -0.2) is 0 Å². The van der Waals surface area contributed by atoms with Gasteiger partial charge < -0.3 is 0 Å². The lowest BCUT2D eigenvalue weighted by Gasteiger charge is -2.13. The molecule has 0 saturated heterocycles. The Morgan fingerprint density at radius 2 is 0.844 bits per heavy atom. The monoisotopic (exact) mass is 426 g/mol. The van der Waals surface area contributed by atoms with E-state index >= 15 is 0 Å². The van der Waals surface area contributed by atoms with E-state index in [0.29, 0.717) is 0 Å². The molecule has 32 heavy (non-hydrogen) atoms. The summed E-state index contributed by atoms with van der Waals surface area (Å²) >= 11 is 0. The predicted molar refractivity (Wildman–Crippen MR) is 141 cm³/mol. The average Bonchev–Trinajstić information content (AvgIpc) is 2.76. The van der Waals surface area contributed by atoms with Crippen molar-refractivity contribution in [3.63, 3.8) is 0 Å². The van der Waals surface area contributed by atoms with Gasteiger partial charge in [-0.05, 0) is 102 Å². The first-order valence-corrected chi connectivity index (χ1v) is 12.7. The van der Waals surface area contributed by atoms with Gasteiger partial charge in [-0.3, -0.25) is 0 Å². The highest BCUT2D eigenvalue weighted by Gasteiger charge is 2.07. The van der Waals surface area contributed by atoms with Crippen LogP contribution in [0.5, 0.6) is 0 Å². The normalized spacial score (nSPS) is 11.3. The summed E-state index contributed by atoms with van der Waals surface area (Å²) in [5.74, 6) is 0.752. The number of hydrogen-bond acceptors (Lipinski definition) is 0. The second kappa shape index (κ2) is 11.5. The number of benzene rings is 3. The van der Waals surface area contributed by atoms with Gasteiger partial charge in [0.25, 0.3) is 0 Å². The number of rotatable bonds is 10. The van der Waals surface area contributed by atoms with Crippen LogP contribution in [0.3, 0.4) is 0 Å². The van der Waals surface area contributed by atoms with E-state index in [4.69, 9.17) is 0 Å². The molecule has 0 aliphatic carbocycles. The van der Waals surface area contributed by atoms with Crippen LogP contribution < -0.4 is 0 Å². The van der Waals surface area contributed by atoms with E-state index in [0.717, 1.165) is 38.0 Å². The first-order chi connectivity index (χ1) is 15.4. The van der Waals surface area contributed by atoms with E-state index in [-0.39, 0.29) is 0 Å². The minimum atomic E-state index is 0.752. The molecule has 3 aromatic carbocycles. The molecule has 0 aromatic heterocycles. The molecule has 0 atom stereocenters. The molecule has 170 valence electrons. The summed E-state index contributed by atoms with van der Waals surface area (Å²) < 4.78 is 0. The lowest BCUT2D eigenvalue weighted by molar-refractivity contribution is 0.586. The molecular weight excluding hydrogens is 384 g/mol. The van der Waals surface area contributed by atoms with Crippen LogP contribution in [0.15, 0.2) is 54.6 Å². The minimum absolute atomic E-state index is 0.752. The van der Waals surface area contributed by atoms with Gasteiger partial charge >= 0.3 is 0 Å². The molecule has 0 unspecified atom stereocenters. The van der Waals surface area contributed by atoms with Crippen molar-refractivity contribution in [2.24, 2.45) is 5.92 Å². The first kappa shape index (κ1) is 24.3. The molecule has 0 radical (unpaired) electrons. The van der Waals surface area contributed by atoms with Crippen molar-refractivity contribution in [3.05, 3.63) is 105 Å². The maximum absolute atomic E-state index is 2.45. The van der Waals surface area contributed by atoms with E-state index in [2.05, 4.69) is 96.1 Å². The zero-order valence-corrected chi connectivity index (χ0v) is 21.2. The van der Waals surface area contributed by atoms with Crippen LogP contribution in [0.1, 0.15) is 91.1 Å². The van der Waals surface area contributed by atoms with E-state index in [1.807, 2.05) is 0 Å². The largest absolute Gasteiger partial charge is 0.0628 e. The molecule has 0 bridgehead atoms. The summed E-state index contributed by atoms with van der Waals surface area (Å²) in [5, 5.41) is 0. The predicted octanol–water partition coefficient (Wildman–Crippen LogP) is 8.45. The van der Waals surface area contributed by atoms with Crippen molar-refractivity contribution in [3.8, 4) is 0 Å². The molecule has 0 spiro atoms. The molecule has 0 aliphatic heterocycles. The van der Waals surface area contributed by atoms with E-state index < -0.39 is 0 Å². The highest BCUT2D eigenvalue weighted by molar-refractivity contribution is 5.40. The van der Waals surface area contributed by atoms with Crippen molar-refractivity contribution in [1.82, 2.24) is 0 Å². The maximum atomic E-state index is 2.45. The minimum Gasteiger partial charge on any atom is -0.0628 e. The third-order valence-corrected chi connectivity index (χ3v) is 6.47. The molecule has 0 fully saturated rings. The average molecular weight is 427 g/mol. The Bertz CT molecular complexity index is 1020. The number of aryl methyl sites for hydroxylation is 5. The fourth-order valence-corrected chi connectivity index (χ4v) is 4.72. The molecular formula is C32H42. The molecule has 0 aliphatic rings. The zero-order chi connectivity index (χ0) is 23.1. The summed E-state index contributed by atoms with van der Waals surface area (Å²) in [6.07, 6.45) is 7.78. The van der Waals surface area contributed by atoms with Gasteiger partial charge in [0, 0.05) is 0 Å². The quantitative estimate of drug-likeness (QED) is 0.305. The fraction of sp³-hybridized carbons (Fsp3) is 0.438. The van der Waals surface area contributed by atoms with Gasteiger partial charge in [0.15, 0.2) is 0 Å². The van der Waals surface area contributed by atoms with Crippen molar-refractivity contribution in [2.75, 3.05) is 0 Å². The van der Waals surface area contributed by atoms with E-state index in [1.165, 1.54) is 62.9 Å². The Labute approximate surface area is 197 Å². The molecule has 0 heterocycles. The van der Waals surface area contributed by atoms with Gasteiger partial charge in [0.05, 0.1) is 0 Å². The van der Waals surface area contributed by atoms with E-state index in [1.54, 1.807) is 0 Å². The van der Waals surface area contributed by atoms with Gasteiger partial charge in [-0.1, -0.05) is 94.8 Å². The van der Waals surface area contributed by atoms with E-state index in [9.17, 15) is 0 Å². The van der Waals surface area contributed by atoms with Gasteiger partial charge in [0.2, 0.25) is 0 Å². The molecule has 3 rings (SSSR count). The summed E-state index contributed by atoms with van der Waals surface area (Å²) in [6, 6.07) is 21.6. The molecule has 0 heteroatoms. The zero-order valence-electron chi connectivity index (χ0n) is 21.2. The first-order valence-electron chi connectivity index (χ1n) is 12.7. The third-order valence-electron chi connectivity index (χ3n) is 6.47. The fourth-order valence-electron chi connectivity index (χ4n) is 4.72. The Hall–Kier alpha value is -2.34. The standard InChI is InChI=1S/C32H42/c1-7-25-12-24(6)13-29(15-25)20-31-17-27(9-3)18-32(22-31)21-30-16-26(8-2)14-28(19-30)11-10-23(4)5/h12-19,22-23H,7-11,20-21H2,1-6H3. The van der Waals surface area contributed by atoms with Crippen molar-refractivity contribution in [2.45, 2.75) is 86.5 Å². The maximum Gasteiger partial charge on any atom is -0.00254 e. The molecule has 3 aromatic rings. The Kier molecular flexibility index (Phi) is 8.74. The van der Waals surface area contributed by atoms with Crippen molar-refractivity contribution >= 4 is 0 Å². The second-order valence-electron chi connectivity index (χ2n) is 9.99. The lowest BCUT2D eigenvalue weighted by atomic mass is 9.92. The summed E-state index contributed by atoms with van der Waals surface area (Å²) in [6.45, 7) is 13.6. The summed E-state index contributed by atoms with van der Waals surface area (Å²) in [5.41, 5.74) is 13.0. The number of hydrogen-bond donors (Lipinski definition) is 0. The highest BCUT2D eigenvalue weighted by atomic mass is 14.1. The Morgan fingerprint density at radius 1 is 0.500 bits per heavy atom. The van der Waals surface area contributed by atoms with Crippen LogP contribution in [0.2, 0.25) is 0 Å². The summed E-state index contributed by atoms with van der Waals surface area (Å²) in [7, 11) is 0. The Balaban J connectivity index is 1.87. The van der Waals surface area contributed by atoms with Crippen molar-refractivity contribution < 1.29 is 0 Å². The van der Waals surface area contributed by atoms with Gasteiger partial charge in [0.1, 0.15) is 0 Å². The highest BCUT2D eigenvalue weighted by Crippen LogP contribution is 2.22. The van der Waals surface area contributed by atoms with Gasteiger partial charge in [-0.15, -0.1) is 0 Å². The van der Waals surface area contributed by atoms with Gasteiger partial charge in [-0.25, -0.2) is 0 Å².